The first-order chi connectivity index (χ1) is 13.3. The molecular formula is C17H21ClN4O3S3. The molecule has 1 aromatic heterocycles. The Morgan fingerprint density at radius 3 is 2.75 bits per heavy atom. The molecule has 0 saturated carbocycles. The smallest absolute Gasteiger partial charge is 0.244 e. The van der Waals surface area contributed by atoms with Crippen molar-refractivity contribution < 1.29 is 13.2 Å². The molecule has 0 aliphatic carbocycles. The van der Waals surface area contributed by atoms with Crippen molar-refractivity contribution in [3.05, 3.63) is 29.3 Å². The second-order valence-corrected chi connectivity index (χ2v) is 11.4. The van der Waals surface area contributed by atoms with Crippen molar-refractivity contribution in [1.82, 2.24) is 14.5 Å². The molecule has 1 aliphatic rings. The number of thioether (sulfide) groups is 1. The summed E-state index contributed by atoms with van der Waals surface area (Å²) in [4.78, 5) is 12.9. The lowest BCUT2D eigenvalue weighted by Crippen LogP contribution is -2.43. The van der Waals surface area contributed by atoms with E-state index in [1.54, 1.807) is 11.8 Å². The van der Waals surface area contributed by atoms with E-state index in [9.17, 15) is 13.2 Å². The summed E-state index contributed by atoms with van der Waals surface area (Å²) in [6.07, 6.45) is 1.09. The van der Waals surface area contributed by atoms with Gasteiger partial charge < -0.3 is 0 Å². The monoisotopic (exact) mass is 460 g/mol. The highest BCUT2D eigenvalue weighted by Gasteiger charge is 2.39. The highest BCUT2D eigenvalue weighted by atomic mass is 35.5. The van der Waals surface area contributed by atoms with Crippen LogP contribution in [-0.2, 0) is 14.8 Å². The van der Waals surface area contributed by atoms with E-state index in [4.69, 9.17) is 11.6 Å². The summed E-state index contributed by atoms with van der Waals surface area (Å²) in [5, 5.41) is 11.6. The van der Waals surface area contributed by atoms with Crippen LogP contribution in [0.15, 0.2) is 33.5 Å². The number of carbonyl (C=O) groups excluding carboxylic acids is 1. The van der Waals surface area contributed by atoms with Crippen LogP contribution in [0.1, 0.15) is 26.7 Å². The number of aromatic nitrogens is 2. The predicted octanol–water partition coefficient (Wildman–Crippen LogP) is 3.73. The van der Waals surface area contributed by atoms with Gasteiger partial charge in [0.1, 0.15) is 6.04 Å². The average molecular weight is 461 g/mol. The molecule has 152 valence electrons. The molecule has 1 N–H and O–H groups in total. The van der Waals surface area contributed by atoms with Crippen LogP contribution in [-0.4, -0.2) is 47.2 Å². The van der Waals surface area contributed by atoms with E-state index in [2.05, 4.69) is 29.4 Å². The molecule has 28 heavy (non-hydrogen) atoms. The second kappa shape index (κ2) is 9.08. The fraction of sp³-hybridized carbons (Fsp3) is 0.471. The summed E-state index contributed by atoms with van der Waals surface area (Å²) in [5.41, 5.74) is 0. The molecular weight excluding hydrogens is 440 g/mol. The first-order valence-corrected chi connectivity index (χ1v) is 12.4. The minimum absolute atomic E-state index is 0.125. The van der Waals surface area contributed by atoms with E-state index in [0.717, 1.165) is 10.1 Å². The number of sulfonamides is 1. The Hall–Kier alpha value is -1.20. The molecule has 2 aromatic rings. The fourth-order valence-corrected chi connectivity index (χ4v) is 6.29. The summed E-state index contributed by atoms with van der Waals surface area (Å²) in [6.45, 7) is 4.54. The molecule has 1 saturated heterocycles. The van der Waals surface area contributed by atoms with Gasteiger partial charge in [0.15, 0.2) is 4.34 Å². The largest absolute Gasteiger partial charge is 0.299 e. The van der Waals surface area contributed by atoms with Crippen LogP contribution in [0.2, 0.25) is 5.02 Å². The maximum absolute atomic E-state index is 12.9. The third-order valence-corrected chi connectivity index (χ3v) is 8.68. The first kappa shape index (κ1) is 21.5. The summed E-state index contributed by atoms with van der Waals surface area (Å²) >= 11 is 8.73. The Morgan fingerprint density at radius 1 is 1.36 bits per heavy atom. The third kappa shape index (κ3) is 5.04. The Morgan fingerprint density at radius 2 is 2.07 bits per heavy atom. The first-order valence-electron chi connectivity index (χ1n) is 8.82. The molecule has 0 radical (unpaired) electrons. The Kier molecular flexibility index (Phi) is 6.98. The van der Waals surface area contributed by atoms with Gasteiger partial charge in [0.25, 0.3) is 0 Å². The van der Waals surface area contributed by atoms with E-state index < -0.39 is 16.1 Å². The van der Waals surface area contributed by atoms with Gasteiger partial charge >= 0.3 is 0 Å². The van der Waals surface area contributed by atoms with E-state index >= 15 is 0 Å². The topological polar surface area (TPSA) is 92.3 Å². The molecule has 1 amide bonds. The van der Waals surface area contributed by atoms with Gasteiger partial charge in [-0.3, -0.25) is 10.1 Å². The molecule has 1 atom stereocenters. The lowest BCUT2D eigenvalue weighted by Gasteiger charge is -2.23. The van der Waals surface area contributed by atoms with Crippen molar-refractivity contribution in [2.45, 2.75) is 42.0 Å². The predicted molar refractivity (Wildman–Crippen MR) is 112 cm³/mol. The van der Waals surface area contributed by atoms with Crippen LogP contribution < -0.4 is 5.32 Å². The maximum atomic E-state index is 12.9. The molecule has 3 rings (SSSR count). The van der Waals surface area contributed by atoms with Crippen molar-refractivity contribution in [2.75, 3.05) is 17.6 Å². The SMILES string of the molecule is CC(C)CSc1nnc(NC(=O)[C@H]2CCCN2S(=O)(=O)c2ccc(Cl)cc2)s1. The normalized spacial score (nSPS) is 17.9. The van der Waals surface area contributed by atoms with Crippen molar-refractivity contribution in [2.24, 2.45) is 5.92 Å². The highest BCUT2D eigenvalue weighted by Crippen LogP contribution is 2.30. The van der Waals surface area contributed by atoms with Crippen LogP contribution in [0.5, 0.6) is 0 Å². The van der Waals surface area contributed by atoms with Gasteiger partial charge in [-0.1, -0.05) is 48.5 Å². The number of hydrogen-bond donors (Lipinski definition) is 1. The minimum atomic E-state index is -3.78. The van der Waals surface area contributed by atoms with Crippen molar-refractivity contribution in [3.8, 4) is 0 Å². The zero-order chi connectivity index (χ0) is 20.3. The van der Waals surface area contributed by atoms with Crippen LogP contribution in [0, 0.1) is 5.92 Å². The van der Waals surface area contributed by atoms with Crippen LogP contribution in [0.25, 0.3) is 0 Å². The minimum Gasteiger partial charge on any atom is -0.299 e. The zero-order valence-electron chi connectivity index (χ0n) is 15.5. The van der Waals surface area contributed by atoms with Crippen LogP contribution in [0.4, 0.5) is 5.13 Å². The van der Waals surface area contributed by atoms with Gasteiger partial charge in [0, 0.05) is 17.3 Å². The van der Waals surface area contributed by atoms with Crippen molar-refractivity contribution in [1.29, 1.82) is 0 Å². The number of benzene rings is 1. The van der Waals surface area contributed by atoms with Gasteiger partial charge in [-0.25, -0.2) is 8.42 Å². The molecule has 1 fully saturated rings. The fourth-order valence-electron chi connectivity index (χ4n) is 2.78. The Labute approximate surface area is 177 Å². The van der Waals surface area contributed by atoms with Gasteiger partial charge in [0.2, 0.25) is 21.1 Å². The maximum Gasteiger partial charge on any atom is 0.244 e. The number of nitrogens with zero attached hydrogens (tertiary/aromatic N) is 3. The lowest BCUT2D eigenvalue weighted by molar-refractivity contribution is -0.119. The molecule has 2 heterocycles. The van der Waals surface area contributed by atoms with Gasteiger partial charge in [-0.15, -0.1) is 10.2 Å². The summed E-state index contributed by atoms with van der Waals surface area (Å²) in [5.74, 6) is 1.06. The van der Waals surface area contributed by atoms with E-state index in [1.165, 1.54) is 39.9 Å². The highest BCUT2D eigenvalue weighted by molar-refractivity contribution is 8.01. The zero-order valence-corrected chi connectivity index (χ0v) is 18.7. The third-order valence-electron chi connectivity index (χ3n) is 4.10. The number of anilines is 1. The number of nitrogens with one attached hydrogen (secondary N) is 1. The number of rotatable bonds is 7. The quantitative estimate of drug-likeness (QED) is 0.500. The Bertz CT molecular complexity index is 931. The van der Waals surface area contributed by atoms with Crippen molar-refractivity contribution >= 4 is 55.8 Å². The molecule has 0 bridgehead atoms. The average Bonchev–Trinajstić information content (AvgIpc) is 3.30. The molecule has 0 spiro atoms. The van der Waals surface area contributed by atoms with Gasteiger partial charge in [0.05, 0.1) is 4.90 Å². The van der Waals surface area contributed by atoms with E-state index in [1.807, 2.05) is 0 Å². The molecule has 1 aromatic carbocycles. The standard InChI is InChI=1S/C17H21ClN4O3S3/c1-11(2)10-26-17-21-20-16(27-17)19-15(23)14-4-3-9-22(14)28(24,25)13-7-5-12(18)6-8-13/h5-8,11,14H,3-4,9-10H2,1-2H3,(H,19,20,23)/t14-/m1/s1. The van der Waals surface area contributed by atoms with Gasteiger partial charge in [-0.05, 0) is 43.0 Å². The van der Waals surface area contributed by atoms with E-state index in [-0.39, 0.29) is 10.8 Å². The molecule has 11 heteroatoms. The second-order valence-electron chi connectivity index (χ2n) is 6.79. The lowest BCUT2D eigenvalue weighted by atomic mass is 10.2. The summed E-state index contributed by atoms with van der Waals surface area (Å²) in [6, 6.07) is 5.19. The summed E-state index contributed by atoms with van der Waals surface area (Å²) < 4.78 is 27.9. The Balaban J connectivity index is 1.70. The van der Waals surface area contributed by atoms with E-state index in [0.29, 0.717) is 35.5 Å². The van der Waals surface area contributed by atoms with Gasteiger partial charge in [-0.2, -0.15) is 4.31 Å². The molecule has 7 nitrogen and oxygen atoms in total. The number of carbonyl (C=O) groups is 1. The summed E-state index contributed by atoms with van der Waals surface area (Å²) in [7, 11) is -3.78. The van der Waals surface area contributed by atoms with Crippen LogP contribution in [0.3, 0.4) is 0 Å². The number of hydrogen-bond acceptors (Lipinski definition) is 7. The molecule has 1 aliphatic heterocycles. The number of amides is 1. The molecule has 0 unspecified atom stereocenters. The van der Waals surface area contributed by atoms with Crippen LogP contribution >= 0.6 is 34.7 Å². The van der Waals surface area contributed by atoms with Crippen molar-refractivity contribution in [3.63, 3.8) is 0 Å². The number of halogens is 1.